The highest BCUT2D eigenvalue weighted by Gasteiger charge is 2.47. The second-order valence-electron chi connectivity index (χ2n) is 4.23. The Hall–Kier alpha value is -0.0800. The summed E-state index contributed by atoms with van der Waals surface area (Å²) in [4.78, 5) is 0. The number of hydrogen-bond acceptors (Lipinski definition) is 2. The highest BCUT2D eigenvalue weighted by molar-refractivity contribution is 5.04. The molecule has 0 aromatic heterocycles. The molecule has 2 nitrogen and oxygen atoms in total. The molecule has 0 bridgehead atoms. The van der Waals surface area contributed by atoms with Crippen molar-refractivity contribution >= 4 is 0 Å². The first-order valence-corrected chi connectivity index (χ1v) is 4.77. The third-order valence-electron chi connectivity index (χ3n) is 3.79. The Morgan fingerprint density at radius 2 is 1.36 bits per heavy atom. The molecule has 0 radical (unpaired) electrons. The molecule has 0 heterocycles. The second-order valence-corrected chi connectivity index (χ2v) is 4.23. The first-order chi connectivity index (χ1) is 5.26. The van der Waals surface area contributed by atoms with Crippen molar-refractivity contribution in [2.24, 2.45) is 16.9 Å². The van der Waals surface area contributed by atoms with E-state index in [0.717, 1.165) is 0 Å². The van der Waals surface area contributed by atoms with E-state index in [-0.39, 0.29) is 0 Å². The molecular weight excluding hydrogens is 136 g/mol. The molecule has 0 aliphatic heterocycles. The van der Waals surface area contributed by atoms with Crippen molar-refractivity contribution in [2.75, 3.05) is 0 Å². The van der Waals surface area contributed by atoms with E-state index in [0.29, 0.717) is 17.5 Å². The highest BCUT2D eigenvalue weighted by Crippen LogP contribution is 2.48. The fourth-order valence-corrected chi connectivity index (χ4v) is 3.02. The first-order valence-electron chi connectivity index (χ1n) is 4.77. The summed E-state index contributed by atoms with van der Waals surface area (Å²) in [7, 11) is 0. The summed E-state index contributed by atoms with van der Waals surface area (Å²) in [6.45, 7) is 0. The van der Waals surface area contributed by atoms with Gasteiger partial charge in [0.15, 0.2) is 0 Å². The molecule has 2 atom stereocenters. The van der Waals surface area contributed by atoms with Crippen LogP contribution >= 0.6 is 0 Å². The van der Waals surface area contributed by atoms with E-state index in [4.69, 9.17) is 11.5 Å². The molecule has 0 saturated heterocycles. The molecule has 2 heteroatoms. The van der Waals surface area contributed by atoms with E-state index < -0.39 is 0 Å². The molecule has 0 aromatic rings. The minimum Gasteiger partial charge on any atom is -0.327 e. The van der Waals surface area contributed by atoms with E-state index in [1.54, 1.807) is 0 Å². The number of rotatable bonds is 0. The highest BCUT2D eigenvalue weighted by atomic mass is 14.8. The maximum atomic E-state index is 6.09. The molecule has 0 unspecified atom stereocenters. The maximum absolute atomic E-state index is 6.09. The molecule has 0 aromatic carbocycles. The summed E-state index contributed by atoms with van der Waals surface area (Å²) in [5, 5.41) is 0. The zero-order valence-corrected chi connectivity index (χ0v) is 7.05. The van der Waals surface area contributed by atoms with Gasteiger partial charge in [-0.25, -0.2) is 0 Å². The van der Waals surface area contributed by atoms with Crippen molar-refractivity contribution in [1.82, 2.24) is 0 Å². The normalized spacial score (nSPS) is 42.0. The van der Waals surface area contributed by atoms with Gasteiger partial charge in [-0.2, -0.15) is 0 Å². The zero-order valence-electron chi connectivity index (χ0n) is 7.05. The van der Waals surface area contributed by atoms with Crippen LogP contribution in [0.3, 0.4) is 0 Å². The lowest BCUT2D eigenvalue weighted by Gasteiger charge is -2.33. The Balaban J connectivity index is 2.19. The Morgan fingerprint density at radius 3 is 1.64 bits per heavy atom. The predicted octanol–water partition coefficient (Wildman–Crippen LogP) is 0.995. The fourth-order valence-electron chi connectivity index (χ4n) is 3.02. The molecule has 2 aliphatic rings. The molecule has 64 valence electrons. The van der Waals surface area contributed by atoms with Crippen molar-refractivity contribution in [3.63, 3.8) is 0 Å². The van der Waals surface area contributed by atoms with Crippen molar-refractivity contribution < 1.29 is 0 Å². The molecule has 2 saturated carbocycles. The van der Waals surface area contributed by atoms with Gasteiger partial charge in [-0.15, -0.1) is 0 Å². The van der Waals surface area contributed by atoms with Gasteiger partial charge in [0.05, 0.1) is 0 Å². The van der Waals surface area contributed by atoms with Crippen LogP contribution in [0.4, 0.5) is 0 Å². The van der Waals surface area contributed by atoms with Gasteiger partial charge < -0.3 is 11.5 Å². The number of hydrogen-bond donors (Lipinski definition) is 2. The van der Waals surface area contributed by atoms with Gasteiger partial charge in [-0.05, 0) is 25.7 Å². The minimum atomic E-state index is 0.361. The Kier molecular flexibility index (Phi) is 1.69. The minimum absolute atomic E-state index is 0.361. The topological polar surface area (TPSA) is 52.0 Å². The summed E-state index contributed by atoms with van der Waals surface area (Å²) in [6.07, 6.45) is 7.58. The average molecular weight is 154 g/mol. The van der Waals surface area contributed by atoms with E-state index in [2.05, 4.69) is 0 Å². The van der Waals surface area contributed by atoms with E-state index in [1.165, 1.54) is 38.5 Å². The SMILES string of the molecule is N[C@H]1CCCC12CCC[C@@H]2N. The van der Waals surface area contributed by atoms with Gasteiger partial charge in [0.1, 0.15) is 0 Å². The first kappa shape index (κ1) is 7.56. The Morgan fingerprint density at radius 1 is 0.909 bits per heavy atom. The van der Waals surface area contributed by atoms with Gasteiger partial charge in [0.25, 0.3) is 0 Å². The van der Waals surface area contributed by atoms with Gasteiger partial charge in [-0.1, -0.05) is 12.8 Å². The van der Waals surface area contributed by atoms with Gasteiger partial charge in [-0.3, -0.25) is 0 Å². The maximum Gasteiger partial charge on any atom is 0.0110 e. The van der Waals surface area contributed by atoms with Crippen molar-refractivity contribution in [3.8, 4) is 0 Å². The molecule has 1 spiro atoms. The van der Waals surface area contributed by atoms with E-state index in [9.17, 15) is 0 Å². The second kappa shape index (κ2) is 2.46. The molecule has 0 amide bonds. The van der Waals surface area contributed by atoms with Crippen molar-refractivity contribution in [1.29, 1.82) is 0 Å². The molecule has 2 rings (SSSR count). The van der Waals surface area contributed by atoms with Gasteiger partial charge in [0, 0.05) is 17.5 Å². The Labute approximate surface area is 68.3 Å². The fraction of sp³-hybridized carbons (Fsp3) is 1.00. The molecule has 2 aliphatic carbocycles. The molecular formula is C9H18N2. The molecule has 4 N–H and O–H groups in total. The van der Waals surface area contributed by atoms with Crippen LogP contribution in [-0.4, -0.2) is 12.1 Å². The molecule has 2 fully saturated rings. The lowest BCUT2D eigenvalue weighted by molar-refractivity contribution is 0.235. The monoisotopic (exact) mass is 154 g/mol. The van der Waals surface area contributed by atoms with Crippen LogP contribution in [0.1, 0.15) is 38.5 Å². The predicted molar refractivity (Wildman–Crippen MR) is 46.1 cm³/mol. The third kappa shape index (κ3) is 0.926. The van der Waals surface area contributed by atoms with Gasteiger partial charge in [0.2, 0.25) is 0 Å². The summed E-state index contributed by atoms with van der Waals surface area (Å²) in [6, 6.07) is 0.806. The van der Waals surface area contributed by atoms with Crippen molar-refractivity contribution in [3.05, 3.63) is 0 Å². The van der Waals surface area contributed by atoms with Crippen LogP contribution in [0.5, 0.6) is 0 Å². The van der Waals surface area contributed by atoms with Crippen molar-refractivity contribution in [2.45, 2.75) is 50.6 Å². The van der Waals surface area contributed by atoms with Gasteiger partial charge >= 0.3 is 0 Å². The largest absolute Gasteiger partial charge is 0.327 e. The summed E-state index contributed by atoms with van der Waals surface area (Å²) in [5.41, 5.74) is 12.5. The Bertz CT molecular complexity index is 138. The lowest BCUT2D eigenvalue weighted by Crippen LogP contribution is -2.46. The standard InChI is InChI=1S/C9H18N2/c10-7-3-1-5-9(7)6-2-4-8(9)11/h7-8H,1-6,10-11H2/t7-,8-,9?/m0/s1. The smallest absolute Gasteiger partial charge is 0.0110 e. The lowest BCUT2D eigenvalue weighted by atomic mass is 9.78. The average Bonchev–Trinajstić information content (AvgIpc) is 2.48. The van der Waals surface area contributed by atoms with Crippen LogP contribution in [0.15, 0.2) is 0 Å². The van der Waals surface area contributed by atoms with Crippen LogP contribution in [0, 0.1) is 5.41 Å². The van der Waals surface area contributed by atoms with Crippen LogP contribution in [0.2, 0.25) is 0 Å². The molecule has 11 heavy (non-hydrogen) atoms. The van der Waals surface area contributed by atoms with Crippen LogP contribution in [0.25, 0.3) is 0 Å². The van der Waals surface area contributed by atoms with Crippen LogP contribution < -0.4 is 11.5 Å². The quantitative estimate of drug-likeness (QED) is 0.547. The van der Waals surface area contributed by atoms with Crippen LogP contribution in [-0.2, 0) is 0 Å². The number of nitrogens with two attached hydrogens (primary N) is 2. The zero-order chi connectivity index (χ0) is 7.90. The van der Waals surface area contributed by atoms with E-state index >= 15 is 0 Å². The summed E-state index contributed by atoms with van der Waals surface area (Å²) < 4.78 is 0. The summed E-state index contributed by atoms with van der Waals surface area (Å²) >= 11 is 0. The summed E-state index contributed by atoms with van der Waals surface area (Å²) in [5.74, 6) is 0. The third-order valence-corrected chi connectivity index (χ3v) is 3.79. The van der Waals surface area contributed by atoms with E-state index in [1.807, 2.05) is 0 Å².